The van der Waals surface area contributed by atoms with E-state index in [2.05, 4.69) is 150 Å². The normalized spacial score (nSPS) is 12.3. The highest BCUT2D eigenvalue weighted by Gasteiger charge is 2.23. The Hall–Kier alpha value is -6.12. The molecule has 1 aliphatic rings. The molecule has 0 unspecified atom stereocenters. The monoisotopic (exact) mass is 583 g/mol. The SMILES string of the molecule is c1cc(-c2ccc3c4c(cccc24)-c2ccccc2-3)cc(-n2c3ccc4ccccc4c3c3c4oc5ccccc5c4ccc32)c1. The molecule has 10 aromatic rings. The lowest BCUT2D eigenvalue weighted by molar-refractivity contribution is 0.673. The number of hydrogen-bond donors (Lipinski definition) is 0. The first-order valence-corrected chi connectivity index (χ1v) is 15.9. The quantitative estimate of drug-likeness (QED) is 0.198. The number of furan rings is 1. The second-order valence-electron chi connectivity index (χ2n) is 12.4. The Morgan fingerprint density at radius 2 is 1.07 bits per heavy atom. The minimum atomic E-state index is 0.919. The van der Waals surface area contributed by atoms with Crippen molar-refractivity contribution in [2.75, 3.05) is 0 Å². The summed E-state index contributed by atoms with van der Waals surface area (Å²) in [6, 6.07) is 55.2. The van der Waals surface area contributed by atoms with E-state index in [1.54, 1.807) is 0 Å². The molecule has 2 nitrogen and oxygen atoms in total. The minimum Gasteiger partial charge on any atom is -0.455 e. The number of nitrogens with zero attached hydrogens (tertiary/aromatic N) is 1. The molecule has 0 amide bonds. The number of fused-ring (bicyclic) bond motifs is 12. The third kappa shape index (κ3) is 3.05. The number of para-hydroxylation sites is 1. The fourth-order valence-corrected chi connectivity index (χ4v) is 8.20. The summed E-state index contributed by atoms with van der Waals surface area (Å²) in [5, 5.41) is 9.79. The fourth-order valence-electron chi connectivity index (χ4n) is 8.20. The third-order valence-corrected chi connectivity index (χ3v) is 10.1. The molecule has 0 radical (unpaired) electrons. The second-order valence-corrected chi connectivity index (χ2v) is 12.4. The van der Waals surface area contributed by atoms with Crippen molar-refractivity contribution in [2.24, 2.45) is 0 Å². The predicted octanol–water partition coefficient (Wildman–Crippen LogP) is 12.3. The molecule has 212 valence electrons. The van der Waals surface area contributed by atoms with Crippen LogP contribution in [0.3, 0.4) is 0 Å². The highest BCUT2D eigenvalue weighted by Crippen LogP contribution is 2.49. The Balaban J connectivity index is 1.21. The average molecular weight is 584 g/mol. The summed E-state index contributed by atoms with van der Waals surface area (Å²) >= 11 is 0. The molecule has 0 aliphatic heterocycles. The van der Waals surface area contributed by atoms with Crippen LogP contribution in [0.5, 0.6) is 0 Å². The summed E-state index contributed by atoms with van der Waals surface area (Å²) in [5.41, 5.74) is 13.1. The second kappa shape index (κ2) is 8.74. The Bertz CT molecular complexity index is 2890. The van der Waals surface area contributed by atoms with Crippen LogP contribution >= 0.6 is 0 Å². The number of benzene rings is 8. The van der Waals surface area contributed by atoms with E-state index in [4.69, 9.17) is 4.42 Å². The summed E-state index contributed by atoms with van der Waals surface area (Å²) in [6.07, 6.45) is 0. The molecule has 2 heteroatoms. The van der Waals surface area contributed by atoms with E-state index in [0.717, 1.165) is 38.5 Å². The van der Waals surface area contributed by atoms with Crippen LogP contribution in [0.4, 0.5) is 0 Å². The van der Waals surface area contributed by atoms with Gasteiger partial charge in [0.25, 0.3) is 0 Å². The number of aromatic nitrogens is 1. The summed E-state index contributed by atoms with van der Waals surface area (Å²) in [6.45, 7) is 0. The maximum absolute atomic E-state index is 6.65. The van der Waals surface area contributed by atoms with Crippen molar-refractivity contribution in [3.8, 4) is 39.1 Å². The molecular weight excluding hydrogens is 558 g/mol. The molecule has 1 aliphatic carbocycles. The third-order valence-electron chi connectivity index (χ3n) is 10.1. The van der Waals surface area contributed by atoms with Crippen molar-refractivity contribution in [1.82, 2.24) is 4.57 Å². The van der Waals surface area contributed by atoms with Crippen LogP contribution in [-0.4, -0.2) is 4.57 Å². The van der Waals surface area contributed by atoms with E-state index in [1.165, 1.54) is 65.8 Å². The zero-order valence-electron chi connectivity index (χ0n) is 24.8. The van der Waals surface area contributed by atoms with Crippen LogP contribution in [0, 0.1) is 0 Å². The van der Waals surface area contributed by atoms with Crippen molar-refractivity contribution >= 4 is 65.3 Å². The molecule has 0 bridgehead atoms. The smallest absolute Gasteiger partial charge is 0.145 e. The Labute approximate surface area is 264 Å². The lowest BCUT2D eigenvalue weighted by atomic mass is 9.94. The molecule has 0 N–H and O–H groups in total. The molecular formula is C44H25NO. The predicted molar refractivity (Wildman–Crippen MR) is 193 cm³/mol. The van der Waals surface area contributed by atoms with Crippen molar-refractivity contribution in [1.29, 1.82) is 0 Å². The first-order valence-electron chi connectivity index (χ1n) is 15.9. The van der Waals surface area contributed by atoms with E-state index >= 15 is 0 Å². The lowest BCUT2D eigenvalue weighted by Gasteiger charge is -2.13. The van der Waals surface area contributed by atoms with Crippen molar-refractivity contribution < 1.29 is 4.42 Å². The van der Waals surface area contributed by atoms with Gasteiger partial charge in [0.2, 0.25) is 0 Å². The van der Waals surface area contributed by atoms with Gasteiger partial charge in [0, 0.05) is 21.8 Å². The molecule has 2 aromatic heterocycles. The summed E-state index contributed by atoms with van der Waals surface area (Å²) in [4.78, 5) is 0. The molecule has 0 saturated carbocycles. The largest absolute Gasteiger partial charge is 0.455 e. The first-order chi connectivity index (χ1) is 22.8. The summed E-state index contributed by atoms with van der Waals surface area (Å²) < 4.78 is 9.07. The molecule has 0 saturated heterocycles. The van der Waals surface area contributed by atoms with Crippen LogP contribution in [0.2, 0.25) is 0 Å². The van der Waals surface area contributed by atoms with Crippen LogP contribution in [0.25, 0.3) is 104 Å². The highest BCUT2D eigenvalue weighted by atomic mass is 16.3. The van der Waals surface area contributed by atoms with E-state index < -0.39 is 0 Å². The van der Waals surface area contributed by atoms with Gasteiger partial charge in [0.15, 0.2) is 0 Å². The van der Waals surface area contributed by atoms with E-state index in [9.17, 15) is 0 Å². The van der Waals surface area contributed by atoms with Gasteiger partial charge in [0.05, 0.1) is 16.4 Å². The fraction of sp³-hybridized carbons (Fsp3) is 0. The number of rotatable bonds is 2. The van der Waals surface area contributed by atoms with Crippen molar-refractivity contribution in [3.05, 3.63) is 152 Å². The zero-order valence-corrected chi connectivity index (χ0v) is 24.8. The van der Waals surface area contributed by atoms with Crippen LogP contribution in [0.15, 0.2) is 156 Å². The molecule has 11 rings (SSSR count). The van der Waals surface area contributed by atoms with Gasteiger partial charge in [-0.1, -0.05) is 115 Å². The van der Waals surface area contributed by atoms with E-state index in [0.29, 0.717) is 0 Å². The van der Waals surface area contributed by atoms with Gasteiger partial charge in [-0.2, -0.15) is 0 Å². The van der Waals surface area contributed by atoms with Gasteiger partial charge in [-0.25, -0.2) is 0 Å². The van der Waals surface area contributed by atoms with Gasteiger partial charge < -0.3 is 8.98 Å². The van der Waals surface area contributed by atoms with Gasteiger partial charge in [-0.05, 0) is 91.3 Å². The summed E-state index contributed by atoms with van der Waals surface area (Å²) in [5.74, 6) is 0. The van der Waals surface area contributed by atoms with Crippen LogP contribution in [0.1, 0.15) is 0 Å². The van der Waals surface area contributed by atoms with E-state index in [-0.39, 0.29) is 0 Å². The molecule has 0 atom stereocenters. The van der Waals surface area contributed by atoms with Gasteiger partial charge in [-0.15, -0.1) is 0 Å². The Morgan fingerprint density at radius 1 is 0.391 bits per heavy atom. The standard InChI is InChI=1S/C44H25NO/c1-2-12-30-26(9-1)19-23-38-42(30)43-39(24-22-37-33-15-5-6-18-40(33)46-44(37)43)45(38)28-11-7-10-27(25-28)29-20-21-36-32-14-4-3-13-31(32)35-17-8-16-34(29)41(35)36/h1-25H. The molecule has 2 heterocycles. The number of hydrogen-bond acceptors (Lipinski definition) is 1. The molecule has 8 aromatic carbocycles. The van der Waals surface area contributed by atoms with Crippen molar-refractivity contribution in [3.63, 3.8) is 0 Å². The highest BCUT2D eigenvalue weighted by molar-refractivity contribution is 6.29. The average Bonchev–Trinajstić information content (AvgIpc) is 3.77. The van der Waals surface area contributed by atoms with Crippen LogP contribution in [-0.2, 0) is 0 Å². The maximum Gasteiger partial charge on any atom is 0.145 e. The minimum absolute atomic E-state index is 0.919. The Kier molecular flexibility index (Phi) is 4.61. The van der Waals surface area contributed by atoms with Gasteiger partial charge >= 0.3 is 0 Å². The topological polar surface area (TPSA) is 18.1 Å². The lowest BCUT2D eigenvalue weighted by Crippen LogP contribution is -1.94. The van der Waals surface area contributed by atoms with E-state index in [1.807, 2.05) is 6.07 Å². The Morgan fingerprint density at radius 3 is 1.98 bits per heavy atom. The van der Waals surface area contributed by atoms with Crippen LogP contribution < -0.4 is 0 Å². The zero-order chi connectivity index (χ0) is 29.9. The van der Waals surface area contributed by atoms with Gasteiger partial charge in [0.1, 0.15) is 11.2 Å². The maximum atomic E-state index is 6.65. The molecule has 46 heavy (non-hydrogen) atoms. The molecule has 0 spiro atoms. The van der Waals surface area contributed by atoms with Gasteiger partial charge in [-0.3, -0.25) is 0 Å². The molecule has 0 fully saturated rings. The summed E-state index contributed by atoms with van der Waals surface area (Å²) in [7, 11) is 0. The van der Waals surface area contributed by atoms with Crippen molar-refractivity contribution in [2.45, 2.75) is 0 Å². The first kappa shape index (κ1) is 24.2.